The number of hydrogen-bond donors (Lipinski definition) is 0. The molecule has 1 fully saturated rings. The van der Waals surface area contributed by atoms with Crippen LogP contribution >= 0.6 is 0 Å². The van der Waals surface area contributed by atoms with Gasteiger partial charge in [0, 0.05) is 37.1 Å². The Kier molecular flexibility index (Phi) is 5.07. The van der Waals surface area contributed by atoms with Crippen LogP contribution in [-0.2, 0) is 0 Å². The van der Waals surface area contributed by atoms with Gasteiger partial charge in [-0.3, -0.25) is 0 Å². The third-order valence-electron chi connectivity index (χ3n) is 5.12. The second kappa shape index (κ2) is 7.80. The number of anilines is 1. The van der Waals surface area contributed by atoms with Crippen LogP contribution in [0.15, 0.2) is 54.6 Å². The van der Waals surface area contributed by atoms with Crippen molar-refractivity contribution in [2.45, 2.75) is 0 Å². The van der Waals surface area contributed by atoms with Crippen molar-refractivity contribution in [3.8, 4) is 5.75 Å². The molecule has 1 saturated heterocycles. The normalized spacial score (nSPS) is 15.6. The van der Waals surface area contributed by atoms with Crippen LogP contribution in [0.4, 0.5) is 5.82 Å². The zero-order valence-electron chi connectivity index (χ0n) is 15.9. The zero-order chi connectivity index (χ0) is 18.6. The predicted molar refractivity (Wildman–Crippen MR) is 113 cm³/mol. The molecule has 4 rings (SSSR count). The van der Waals surface area contributed by atoms with Crippen molar-refractivity contribution < 1.29 is 4.74 Å². The van der Waals surface area contributed by atoms with Gasteiger partial charge in [0.05, 0.1) is 12.8 Å². The molecule has 0 bridgehead atoms. The van der Waals surface area contributed by atoms with Crippen LogP contribution in [0.25, 0.3) is 22.9 Å². The maximum atomic E-state index is 5.45. The molecule has 0 spiro atoms. The minimum Gasteiger partial charge on any atom is -0.496 e. The molecule has 4 nitrogen and oxygen atoms in total. The number of para-hydroxylation sites is 1. The Morgan fingerprint density at radius 3 is 2.48 bits per heavy atom. The van der Waals surface area contributed by atoms with E-state index in [0.717, 1.165) is 49.0 Å². The average Bonchev–Trinajstić information content (AvgIpc) is 2.72. The number of hydrogen-bond acceptors (Lipinski definition) is 4. The van der Waals surface area contributed by atoms with Crippen LogP contribution < -0.4 is 9.64 Å². The van der Waals surface area contributed by atoms with E-state index in [1.54, 1.807) is 7.11 Å². The van der Waals surface area contributed by atoms with Crippen molar-refractivity contribution in [2.75, 3.05) is 45.2 Å². The van der Waals surface area contributed by atoms with Crippen LogP contribution in [-0.4, -0.2) is 50.2 Å². The molecule has 0 amide bonds. The summed E-state index contributed by atoms with van der Waals surface area (Å²) >= 11 is 0. The van der Waals surface area contributed by atoms with Crippen LogP contribution in [0.3, 0.4) is 0 Å². The molecule has 27 heavy (non-hydrogen) atoms. The molecule has 0 radical (unpaired) electrons. The number of likely N-dealkylation sites (N-methyl/N-ethyl adjacent to an activating group) is 1. The van der Waals surface area contributed by atoms with Gasteiger partial charge in [-0.1, -0.05) is 42.5 Å². The van der Waals surface area contributed by atoms with Crippen LogP contribution in [0.2, 0.25) is 0 Å². The summed E-state index contributed by atoms with van der Waals surface area (Å²) in [5.41, 5.74) is 2.02. The van der Waals surface area contributed by atoms with E-state index in [0.29, 0.717) is 0 Å². The number of fused-ring (bicyclic) bond motifs is 1. The van der Waals surface area contributed by atoms with Crippen molar-refractivity contribution >= 4 is 28.7 Å². The van der Waals surface area contributed by atoms with E-state index < -0.39 is 0 Å². The molecule has 0 unspecified atom stereocenters. The van der Waals surface area contributed by atoms with E-state index >= 15 is 0 Å². The minimum absolute atomic E-state index is 0.869. The van der Waals surface area contributed by atoms with Crippen LogP contribution in [0, 0.1) is 0 Å². The standard InChI is InChI=1S/C23H25N3O/c1-25-13-15-26(16-14-25)23-21-9-5-3-8-19(21)17-20(24-23)12-11-18-7-4-6-10-22(18)27-2/h3-12,17H,13-16H2,1-2H3/b12-11+. The van der Waals surface area contributed by atoms with Crippen LogP contribution in [0.5, 0.6) is 5.75 Å². The molecule has 0 saturated carbocycles. The molecule has 0 N–H and O–H groups in total. The summed E-state index contributed by atoms with van der Waals surface area (Å²) in [6, 6.07) is 18.7. The van der Waals surface area contributed by atoms with Crippen molar-refractivity contribution in [3.63, 3.8) is 0 Å². The molecule has 4 heteroatoms. The lowest BCUT2D eigenvalue weighted by Gasteiger charge is -2.34. The maximum Gasteiger partial charge on any atom is 0.137 e. The van der Waals surface area contributed by atoms with E-state index in [-0.39, 0.29) is 0 Å². The van der Waals surface area contributed by atoms with E-state index in [9.17, 15) is 0 Å². The van der Waals surface area contributed by atoms with Gasteiger partial charge >= 0.3 is 0 Å². The van der Waals surface area contributed by atoms with E-state index in [2.05, 4.69) is 65.4 Å². The molecular formula is C23H25N3O. The quantitative estimate of drug-likeness (QED) is 0.699. The Morgan fingerprint density at radius 1 is 0.926 bits per heavy atom. The minimum atomic E-state index is 0.869. The number of ether oxygens (including phenoxy) is 1. The summed E-state index contributed by atoms with van der Waals surface area (Å²) < 4.78 is 5.45. The molecule has 2 heterocycles. The second-order valence-electron chi connectivity index (χ2n) is 6.96. The van der Waals surface area contributed by atoms with Gasteiger partial charge in [-0.25, -0.2) is 4.98 Å². The van der Waals surface area contributed by atoms with E-state index in [1.165, 1.54) is 10.8 Å². The molecule has 1 aromatic heterocycles. The summed E-state index contributed by atoms with van der Waals surface area (Å²) in [5.74, 6) is 1.95. The van der Waals surface area contributed by atoms with Crippen LogP contribution in [0.1, 0.15) is 11.3 Å². The number of benzene rings is 2. The second-order valence-corrected chi connectivity index (χ2v) is 6.96. The van der Waals surface area contributed by atoms with Crippen molar-refractivity contribution in [1.82, 2.24) is 9.88 Å². The fourth-order valence-corrected chi connectivity index (χ4v) is 3.52. The van der Waals surface area contributed by atoms with Crippen molar-refractivity contribution in [1.29, 1.82) is 0 Å². The Hall–Kier alpha value is -2.85. The largest absolute Gasteiger partial charge is 0.496 e. The van der Waals surface area contributed by atoms with Gasteiger partial charge in [0.15, 0.2) is 0 Å². The van der Waals surface area contributed by atoms with Gasteiger partial charge in [0.25, 0.3) is 0 Å². The van der Waals surface area contributed by atoms with Gasteiger partial charge in [-0.2, -0.15) is 0 Å². The van der Waals surface area contributed by atoms with Crippen molar-refractivity contribution in [3.05, 3.63) is 65.9 Å². The predicted octanol–water partition coefficient (Wildman–Crippen LogP) is 4.17. The zero-order valence-corrected chi connectivity index (χ0v) is 15.9. The van der Waals surface area contributed by atoms with Gasteiger partial charge in [-0.05, 0) is 36.7 Å². The third-order valence-corrected chi connectivity index (χ3v) is 5.12. The number of methoxy groups -OCH3 is 1. The summed E-state index contributed by atoms with van der Waals surface area (Å²) in [6.07, 6.45) is 4.15. The lowest BCUT2D eigenvalue weighted by molar-refractivity contribution is 0.312. The summed E-state index contributed by atoms with van der Waals surface area (Å²) in [4.78, 5) is 9.77. The Morgan fingerprint density at radius 2 is 1.67 bits per heavy atom. The maximum absolute atomic E-state index is 5.45. The Labute approximate surface area is 160 Å². The topological polar surface area (TPSA) is 28.6 Å². The molecule has 0 aliphatic carbocycles. The first-order valence-corrected chi connectivity index (χ1v) is 9.39. The SMILES string of the molecule is COc1ccccc1/C=C/c1cc2ccccc2c(N2CCN(C)CC2)n1. The fourth-order valence-electron chi connectivity index (χ4n) is 3.52. The third kappa shape index (κ3) is 3.81. The summed E-state index contributed by atoms with van der Waals surface area (Å²) in [6.45, 7) is 4.15. The molecule has 1 aliphatic rings. The number of pyridine rings is 1. The lowest BCUT2D eigenvalue weighted by atomic mass is 10.1. The number of nitrogens with zero attached hydrogens (tertiary/aromatic N) is 3. The smallest absolute Gasteiger partial charge is 0.137 e. The molecule has 0 atom stereocenters. The first kappa shape index (κ1) is 17.6. The summed E-state index contributed by atoms with van der Waals surface area (Å²) in [5, 5.41) is 2.44. The molecule has 2 aromatic carbocycles. The Bertz CT molecular complexity index is 959. The number of piperazine rings is 1. The Balaban J connectivity index is 1.72. The number of rotatable bonds is 4. The highest BCUT2D eigenvalue weighted by Gasteiger charge is 2.18. The molecule has 1 aliphatic heterocycles. The van der Waals surface area contributed by atoms with Gasteiger partial charge in [0.2, 0.25) is 0 Å². The highest BCUT2D eigenvalue weighted by Crippen LogP contribution is 2.28. The van der Waals surface area contributed by atoms with Gasteiger partial charge in [0.1, 0.15) is 11.6 Å². The van der Waals surface area contributed by atoms with Gasteiger partial charge in [-0.15, -0.1) is 0 Å². The average molecular weight is 359 g/mol. The van der Waals surface area contributed by atoms with E-state index in [4.69, 9.17) is 9.72 Å². The molecular weight excluding hydrogens is 334 g/mol. The lowest BCUT2D eigenvalue weighted by Crippen LogP contribution is -2.44. The number of aromatic nitrogens is 1. The summed E-state index contributed by atoms with van der Waals surface area (Å²) in [7, 11) is 3.88. The highest BCUT2D eigenvalue weighted by molar-refractivity contribution is 5.94. The highest BCUT2D eigenvalue weighted by atomic mass is 16.5. The van der Waals surface area contributed by atoms with Crippen molar-refractivity contribution in [2.24, 2.45) is 0 Å². The first-order valence-electron chi connectivity index (χ1n) is 9.39. The molecule has 138 valence electrons. The van der Waals surface area contributed by atoms with Gasteiger partial charge < -0.3 is 14.5 Å². The first-order chi connectivity index (χ1) is 13.2. The fraction of sp³-hybridized carbons (Fsp3) is 0.261. The monoisotopic (exact) mass is 359 g/mol. The van der Waals surface area contributed by atoms with E-state index in [1.807, 2.05) is 18.2 Å². The molecule has 3 aromatic rings.